The zero-order valence-corrected chi connectivity index (χ0v) is 19.4. The molecule has 0 saturated carbocycles. The second kappa shape index (κ2) is 8.30. The quantitative estimate of drug-likeness (QED) is 0.770. The fourth-order valence-corrected chi connectivity index (χ4v) is 5.98. The molecule has 0 spiro atoms. The number of hydrogen-bond donors (Lipinski definition) is 1. The predicted octanol–water partition coefficient (Wildman–Crippen LogP) is 2.65. The van der Waals surface area contributed by atoms with Gasteiger partial charge in [0, 0.05) is 43.2 Å². The maximum atomic E-state index is 13.4. The van der Waals surface area contributed by atoms with Crippen LogP contribution in [0.5, 0.6) is 0 Å². The van der Waals surface area contributed by atoms with Gasteiger partial charge >= 0.3 is 0 Å². The minimum Gasteiger partial charge on any atom is -0.354 e. The summed E-state index contributed by atoms with van der Waals surface area (Å²) in [4.78, 5) is 26.8. The van der Waals surface area contributed by atoms with Crippen LogP contribution in [0.3, 0.4) is 0 Å². The largest absolute Gasteiger partial charge is 0.354 e. The number of fused-ring (bicyclic) bond motifs is 1. The molecule has 1 aromatic carbocycles. The maximum absolute atomic E-state index is 13.4. The van der Waals surface area contributed by atoms with Crippen molar-refractivity contribution in [3.63, 3.8) is 0 Å². The van der Waals surface area contributed by atoms with E-state index in [2.05, 4.69) is 5.32 Å². The first-order chi connectivity index (χ1) is 14.0. The highest BCUT2D eigenvalue weighted by atomic mass is 32.2. The van der Waals surface area contributed by atoms with Gasteiger partial charge < -0.3 is 10.2 Å². The lowest BCUT2D eigenvalue weighted by molar-refractivity contribution is -0.126. The molecule has 1 saturated heterocycles. The van der Waals surface area contributed by atoms with Gasteiger partial charge in [0.05, 0.1) is 10.8 Å². The molecule has 1 atom stereocenters. The van der Waals surface area contributed by atoms with Gasteiger partial charge in [-0.25, -0.2) is 8.42 Å². The van der Waals surface area contributed by atoms with Crippen LogP contribution in [-0.4, -0.2) is 50.2 Å². The summed E-state index contributed by atoms with van der Waals surface area (Å²) < 4.78 is 28.2. The zero-order chi connectivity index (χ0) is 22.3. The van der Waals surface area contributed by atoms with Gasteiger partial charge in [0.2, 0.25) is 21.8 Å². The molecule has 2 aliphatic rings. The molecule has 0 aromatic heterocycles. The van der Waals surface area contributed by atoms with E-state index in [1.54, 1.807) is 23.1 Å². The Morgan fingerprint density at radius 1 is 1.30 bits per heavy atom. The van der Waals surface area contributed by atoms with Gasteiger partial charge in [-0.1, -0.05) is 13.8 Å². The Hall–Kier alpha value is -1.93. The Labute approximate surface area is 179 Å². The molecule has 0 bridgehead atoms. The predicted molar refractivity (Wildman–Crippen MR) is 117 cm³/mol. The van der Waals surface area contributed by atoms with Crippen LogP contribution in [0.2, 0.25) is 0 Å². The smallest absolute Gasteiger partial charge is 0.243 e. The summed E-state index contributed by atoms with van der Waals surface area (Å²) in [5.41, 5.74) is 1.22. The summed E-state index contributed by atoms with van der Waals surface area (Å²) in [6, 6.07) is 5.08. The van der Waals surface area contributed by atoms with Gasteiger partial charge in [0.25, 0.3) is 0 Å². The van der Waals surface area contributed by atoms with E-state index in [1.165, 1.54) is 4.31 Å². The van der Waals surface area contributed by atoms with Crippen LogP contribution in [0.4, 0.5) is 5.69 Å². The molecule has 0 radical (unpaired) electrons. The van der Waals surface area contributed by atoms with Crippen LogP contribution in [0.1, 0.15) is 59.4 Å². The van der Waals surface area contributed by atoms with Crippen LogP contribution in [0.25, 0.3) is 0 Å². The minimum atomic E-state index is -3.73. The summed E-state index contributed by atoms with van der Waals surface area (Å²) in [7, 11) is -3.73. The molecule has 1 N–H and O–H groups in total. The number of carbonyl (C=O) groups excluding carboxylic acids is 2. The number of benzene rings is 1. The number of nitrogens with one attached hydrogen (secondary N) is 1. The summed E-state index contributed by atoms with van der Waals surface area (Å²) in [5.74, 6) is -0.368. The molecule has 8 heteroatoms. The second-order valence-electron chi connectivity index (χ2n) is 9.24. The van der Waals surface area contributed by atoms with Crippen molar-refractivity contribution in [1.29, 1.82) is 0 Å². The van der Waals surface area contributed by atoms with Crippen molar-refractivity contribution in [2.45, 2.75) is 70.2 Å². The molecule has 2 heterocycles. The SMILES string of the molecule is CCN1C(=O)CC(C)(C)c2cc(S(=O)(=O)N3CCCC(C(=O)NC(C)C)C3)ccc21. The molecule has 2 amide bonds. The first kappa shape index (κ1) is 22.7. The molecule has 0 aliphatic carbocycles. The Morgan fingerprint density at radius 3 is 2.63 bits per heavy atom. The van der Waals surface area contributed by atoms with Crippen molar-refractivity contribution < 1.29 is 18.0 Å². The lowest BCUT2D eigenvalue weighted by Gasteiger charge is -2.39. The Balaban J connectivity index is 1.92. The Bertz CT molecular complexity index is 940. The average Bonchev–Trinajstić information content (AvgIpc) is 2.67. The van der Waals surface area contributed by atoms with E-state index in [-0.39, 0.29) is 35.2 Å². The molecule has 2 aliphatic heterocycles. The third-order valence-corrected chi connectivity index (χ3v) is 7.88. The molecule has 166 valence electrons. The van der Waals surface area contributed by atoms with Crippen molar-refractivity contribution in [1.82, 2.24) is 9.62 Å². The molecule has 1 unspecified atom stereocenters. The summed E-state index contributed by atoms with van der Waals surface area (Å²) in [6.07, 6.45) is 1.69. The fourth-order valence-electron chi connectivity index (χ4n) is 4.43. The maximum Gasteiger partial charge on any atom is 0.243 e. The summed E-state index contributed by atoms with van der Waals surface area (Å²) in [6.45, 7) is 10.8. The van der Waals surface area contributed by atoms with Crippen molar-refractivity contribution in [2.75, 3.05) is 24.5 Å². The Morgan fingerprint density at radius 2 is 2.00 bits per heavy atom. The molecule has 1 aromatic rings. The minimum absolute atomic E-state index is 0.0246. The van der Waals surface area contributed by atoms with Crippen LogP contribution in [0, 0.1) is 5.92 Å². The summed E-state index contributed by atoms with van der Waals surface area (Å²) in [5, 5.41) is 2.89. The van der Waals surface area contributed by atoms with Crippen molar-refractivity contribution in [3.05, 3.63) is 23.8 Å². The molecule has 1 fully saturated rings. The molecule has 7 nitrogen and oxygen atoms in total. The lowest BCUT2D eigenvalue weighted by atomic mass is 9.77. The normalized spacial score (nSPS) is 22.1. The van der Waals surface area contributed by atoms with Gasteiger partial charge in [-0.3, -0.25) is 9.59 Å². The number of piperidine rings is 1. The zero-order valence-electron chi connectivity index (χ0n) is 18.6. The van der Waals surface area contributed by atoms with Crippen molar-refractivity contribution in [2.24, 2.45) is 5.92 Å². The van der Waals surface area contributed by atoms with E-state index in [1.807, 2.05) is 34.6 Å². The third-order valence-electron chi connectivity index (χ3n) is 6.02. The monoisotopic (exact) mass is 435 g/mol. The van der Waals surface area contributed by atoms with Gasteiger partial charge in [0.1, 0.15) is 0 Å². The molecular formula is C22H33N3O4S. The highest BCUT2D eigenvalue weighted by molar-refractivity contribution is 7.89. The van der Waals surface area contributed by atoms with Crippen LogP contribution >= 0.6 is 0 Å². The molecule has 30 heavy (non-hydrogen) atoms. The van der Waals surface area contributed by atoms with Gasteiger partial charge in [-0.05, 0) is 57.4 Å². The average molecular weight is 436 g/mol. The topological polar surface area (TPSA) is 86.8 Å². The van der Waals surface area contributed by atoms with E-state index in [0.29, 0.717) is 32.4 Å². The first-order valence-corrected chi connectivity index (χ1v) is 12.2. The van der Waals surface area contributed by atoms with Gasteiger partial charge in [-0.15, -0.1) is 0 Å². The number of sulfonamides is 1. The number of carbonyl (C=O) groups is 2. The number of nitrogens with zero attached hydrogens (tertiary/aromatic N) is 2. The van der Waals surface area contributed by atoms with Gasteiger partial charge in [-0.2, -0.15) is 4.31 Å². The first-order valence-electron chi connectivity index (χ1n) is 10.7. The number of rotatable bonds is 5. The standard InChI is InChI=1S/C22H33N3O4S/c1-6-25-19-10-9-17(12-18(19)22(4,5)13-20(25)26)30(28,29)24-11-7-8-16(14-24)21(27)23-15(2)3/h9-10,12,15-16H,6-8,11,13-14H2,1-5H3,(H,23,27). The van der Waals surface area contributed by atoms with E-state index < -0.39 is 15.4 Å². The lowest BCUT2D eigenvalue weighted by Crippen LogP contribution is -2.46. The fraction of sp³-hybridized carbons (Fsp3) is 0.636. The van der Waals surface area contributed by atoms with Gasteiger partial charge in [0.15, 0.2) is 0 Å². The van der Waals surface area contributed by atoms with Crippen molar-refractivity contribution >= 4 is 27.5 Å². The Kier molecular flexibility index (Phi) is 6.30. The van der Waals surface area contributed by atoms with Crippen LogP contribution in [-0.2, 0) is 25.0 Å². The van der Waals surface area contributed by atoms with Crippen LogP contribution in [0.15, 0.2) is 23.1 Å². The number of amides is 2. The number of anilines is 1. The van der Waals surface area contributed by atoms with E-state index in [0.717, 1.165) is 11.3 Å². The van der Waals surface area contributed by atoms with Crippen LogP contribution < -0.4 is 10.2 Å². The molecule has 3 rings (SSSR count). The van der Waals surface area contributed by atoms with E-state index >= 15 is 0 Å². The highest BCUT2D eigenvalue weighted by Crippen LogP contribution is 2.41. The number of hydrogen-bond acceptors (Lipinski definition) is 4. The van der Waals surface area contributed by atoms with E-state index in [4.69, 9.17) is 0 Å². The highest BCUT2D eigenvalue weighted by Gasteiger charge is 2.38. The second-order valence-corrected chi connectivity index (χ2v) is 11.2. The summed E-state index contributed by atoms with van der Waals surface area (Å²) >= 11 is 0. The molecular weight excluding hydrogens is 402 g/mol. The van der Waals surface area contributed by atoms with Crippen molar-refractivity contribution in [3.8, 4) is 0 Å². The third kappa shape index (κ3) is 4.25. The van der Waals surface area contributed by atoms with E-state index in [9.17, 15) is 18.0 Å².